The van der Waals surface area contributed by atoms with E-state index in [1.807, 2.05) is 23.1 Å². The molecule has 1 N–H and O–H groups in total. The molecule has 2 heterocycles. The van der Waals surface area contributed by atoms with Crippen LogP contribution in [0.15, 0.2) is 24.3 Å². The van der Waals surface area contributed by atoms with Crippen LogP contribution in [0, 0.1) is 11.3 Å². The van der Waals surface area contributed by atoms with Crippen molar-refractivity contribution < 1.29 is 9.53 Å². The third-order valence-corrected chi connectivity index (χ3v) is 4.93. The lowest BCUT2D eigenvalue weighted by Crippen LogP contribution is -2.52. The molecule has 2 fully saturated rings. The van der Waals surface area contributed by atoms with Gasteiger partial charge in [0.1, 0.15) is 0 Å². The Labute approximate surface area is 149 Å². The number of carbonyl (C=O) groups is 1. The van der Waals surface area contributed by atoms with Gasteiger partial charge < -0.3 is 15.0 Å². The highest BCUT2D eigenvalue weighted by molar-refractivity contribution is 5.82. The molecule has 0 radical (unpaired) electrons. The Balaban J connectivity index is 1.48. The first-order chi connectivity index (χ1) is 12.3. The van der Waals surface area contributed by atoms with E-state index in [4.69, 9.17) is 10.00 Å². The number of nitrogens with zero attached hydrogens (tertiary/aromatic N) is 3. The molecular weight excluding hydrogens is 316 g/mol. The molecule has 0 aromatic heterocycles. The number of likely N-dealkylation sites (tertiary alicyclic amines) is 1. The normalized spacial score (nSPS) is 22.0. The van der Waals surface area contributed by atoms with Gasteiger partial charge in [-0.3, -0.25) is 9.69 Å². The number of ether oxygens (including phenoxy) is 1. The van der Waals surface area contributed by atoms with Crippen molar-refractivity contribution in [1.29, 1.82) is 5.26 Å². The maximum absolute atomic E-state index is 12.7. The maximum atomic E-state index is 12.7. The van der Waals surface area contributed by atoms with Crippen molar-refractivity contribution in [3.8, 4) is 6.07 Å². The van der Waals surface area contributed by atoms with E-state index in [2.05, 4.69) is 16.3 Å². The molecule has 3 rings (SSSR count). The topological polar surface area (TPSA) is 68.6 Å². The number of hydrogen-bond donors (Lipinski definition) is 1. The predicted molar refractivity (Wildman–Crippen MR) is 94.9 cm³/mol. The van der Waals surface area contributed by atoms with Crippen LogP contribution in [0.2, 0.25) is 0 Å². The summed E-state index contributed by atoms with van der Waals surface area (Å²) in [4.78, 5) is 17.1. The monoisotopic (exact) mass is 342 g/mol. The van der Waals surface area contributed by atoms with Crippen molar-refractivity contribution in [3.63, 3.8) is 0 Å². The average molecular weight is 342 g/mol. The molecule has 0 spiro atoms. The van der Waals surface area contributed by atoms with Crippen LogP contribution in [-0.2, 0) is 16.1 Å². The number of hydrogen-bond acceptors (Lipinski definition) is 5. The van der Waals surface area contributed by atoms with Gasteiger partial charge in [-0.15, -0.1) is 0 Å². The summed E-state index contributed by atoms with van der Waals surface area (Å²) in [6.45, 7) is 6.68. The minimum Gasteiger partial charge on any atom is -0.379 e. The molecule has 0 saturated carbocycles. The van der Waals surface area contributed by atoms with Gasteiger partial charge in [-0.25, -0.2) is 0 Å². The minimum atomic E-state index is -0.121. The summed E-state index contributed by atoms with van der Waals surface area (Å²) < 4.78 is 5.37. The SMILES string of the molecule is N#Cc1cccc(CNC2CCCN(CCN3CCOCC3)C2=O)c1. The lowest BCUT2D eigenvalue weighted by atomic mass is 10.0. The second-order valence-corrected chi connectivity index (χ2v) is 6.67. The third-order valence-electron chi connectivity index (χ3n) is 4.93. The largest absolute Gasteiger partial charge is 0.379 e. The van der Waals surface area contributed by atoms with Crippen molar-refractivity contribution in [1.82, 2.24) is 15.1 Å². The van der Waals surface area contributed by atoms with E-state index in [9.17, 15) is 4.79 Å². The summed E-state index contributed by atoms with van der Waals surface area (Å²) in [6.07, 6.45) is 1.91. The Kier molecular flexibility index (Phi) is 6.40. The Morgan fingerprint density at radius 2 is 2.08 bits per heavy atom. The summed E-state index contributed by atoms with van der Waals surface area (Å²) >= 11 is 0. The molecule has 134 valence electrons. The van der Waals surface area contributed by atoms with E-state index in [0.717, 1.165) is 64.3 Å². The number of carbonyl (C=O) groups excluding carboxylic acids is 1. The fourth-order valence-corrected chi connectivity index (χ4v) is 3.43. The molecule has 6 heteroatoms. The molecular formula is C19H26N4O2. The van der Waals surface area contributed by atoms with Crippen molar-refractivity contribution in [2.24, 2.45) is 0 Å². The smallest absolute Gasteiger partial charge is 0.239 e. The number of nitriles is 1. The maximum Gasteiger partial charge on any atom is 0.239 e. The summed E-state index contributed by atoms with van der Waals surface area (Å²) in [5.41, 5.74) is 1.69. The van der Waals surface area contributed by atoms with Gasteiger partial charge in [0.25, 0.3) is 0 Å². The molecule has 1 unspecified atom stereocenters. The Morgan fingerprint density at radius 1 is 1.24 bits per heavy atom. The number of benzene rings is 1. The Morgan fingerprint density at radius 3 is 2.88 bits per heavy atom. The van der Waals surface area contributed by atoms with Gasteiger partial charge in [-0.1, -0.05) is 12.1 Å². The second kappa shape index (κ2) is 8.95. The number of nitrogens with one attached hydrogen (secondary N) is 1. The third kappa shape index (κ3) is 5.02. The van der Waals surface area contributed by atoms with E-state index in [1.165, 1.54) is 0 Å². The average Bonchev–Trinajstić information content (AvgIpc) is 2.67. The van der Waals surface area contributed by atoms with Crippen molar-refractivity contribution in [2.45, 2.75) is 25.4 Å². The van der Waals surface area contributed by atoms with Crippen LogP contribution in [0.3, 0.4) is 0 Å². The molecule has 1 aromatic carbocycles. The number of rotatable bonds is 6. The summed E-state index contributed by atoms with van der Waals surface area (Å²) in [7, 11) is 0. The number of amides is 1. The van der Waals surface area contributed by atoms with E-state index in [-0.39, 0.29) is 11.9 Å². The second-order valence-electron chi connectivity index (χ2n) is 6.67. The van der Waals surface area contributed by atoms with Crippen LogP contribution in [0.1, 0.15) is 24.0 Å². The van der Waals surface area contributed by atoms with Crippen LogP contribution in [0.4, 0.5) is 0 Å². The number of morpholine rings is 1. The minimum absolute atomic E-state index is 0.121. The van der Waals surface area contributed by atoms with Crippen LogP contribution >= 0.6 is 0 Å². The molecule has 2 saturated heterocycles. The van der Waals surface area contributed by atoms with Gasteiger partial charge in [-0.05, 0) is 30.5 Å². The molecule has 0 bridgehead atoms. The molecule has 2 aliphatic rings. The summed E-state index contributed by atoms with van der Waals surface area (Å²) in [5.74, 6) is 0.205. The summed E-state index contributed by atoms with van der Waals surface area (Å²) in [5, 5.41) is 12.4. The molecule has 25 heavy (non-hydrogen) atoms. The number of piperidine rings is 1. The zero-order chi connectivity index (χ0) is 17.5. The van der Waals surface area contributed by atoms with Gasteiger partial charge in [0.05, 0.1) is 30.9 Å². The van der Waals surface area contributed by atoms with Crippen molar-refractivity contribution >= 4 is 5.91 Å². The zero-order valence-electron chi connectivity index (χ0n) is 14.6. The van der Waals surface area contributed by atoms with Gasteiger partial charge in [0.15, 0.2) is 0 Å². The fraction of sp³-hybridized carbons (Fsp3) is 0.579. The van der Waals surface area contributed by atoms with E-state index >= 15 is 0 Å². The highest BCUT2D eigenvalue weighted by atomic mass is 16.5. The van der Waals surface area contributed by atoms with Crippen LogP contribution < -0.4 is 5.32 Å². The van der Waals surface area contributed by atoms with Crippen LogP contribution in [0.25, 0.3) is 0 Å². The lowest BCUT2D eigenvalue weighted by Gasteiger charge is -2.35. The Bertz CT molecular complexity index is 622. The van der Waals surface area contributed by atoms with Gasteiger partial charge >= 0.3 is 0 Å². The van der Waals surface area contributed by atoms with Gasteiger partial charge in [-0.2, -0.15) is 5.26 Å². The predicted octanol–water partition coefficient (Wildman–Crippen LogP) is 0.971. The summed E-state index contributed by atoms with van der Waals surface area (Å²) in [6, 6.07) is 9.56. The van der Waals surface area contributed by atoms with Crippen molar-refractivity contribution in [3.05, 3.63) is 35.4 Å². The molecule has 1 amide bonds. The first-order valence-electron chi connectivity index (χ1n) is 9.07. The standard InChI is InChI=1S/C19H26N4O2/c20-14-16-3-1-4-17(13-16)15-21-18-5-2-6-23(19(18)24)8-7-22-9-11-25-12-10-22/h1,3-4,13,18,21H,2,5-12,15H2. The van der Waals surface area contributed by atoms with Gasteiger partial charge in [0.2, 0.25) is 5.91 Å². The van der Waals surface area contributed by atoms with Crippen LogP contribution in [-0.4, -0.2) is 67.7 Å². The van der Waals surface area contributed by atoms with E-state index in [1.54, 1.807) is 6.07 Å². The van der Waals surface area contributed by atoms with E-state index < -0.39 is 0 Å². The highest BCUT2D eigenvalue weighted by Crippen LogP contribution is 2.13. The molecule has 1 atom stereocenters. The van der Waals surface area contributed by atoms with E-state index in [0.29, 0.717) is 12.1 Å². The van der Waals surface area contributed by atoms with Crippen molar-refractivity contribution in [2.75, 3.05) is 45.9 Å². The quantitative estimate of drug-likeness (QED) is 0.834. The van der Waals surface area contributed by atoms with Crippen LogP contribution in [0.5, 0.6) is 0 Å². The molecule has 1 aromatic rings. The fourth-order valence-electron chi connectivity index (χ4n) is 3.43. The first-order valence-corrected chi connectivity index (χ1v) is 9.07. The molecule has 2 aliphatic heterocycles. The Hall–Kier alpha value is -1.94. The highest BCUT2D eigenvalue weighted by Gasteiger charge is 2.28. The molecule has 0 aliphatic carbocycles. The lowest BCUT2D eigenvalue weighted by molar-refractivity contribution is -0.136. The molecule has 6 nitrogen and oxygen atoms in total. The first kappa shape index (κ1) is 17.9. The zero-order valence-corrected chi connectivity index (χ0v) is 14.6. The van der Waals surface area contributed by atoms with Gasteiger partial charge in [0, 0.05) is 39.3 Å².